The molecule has 1 atom stereocenters. The molecule has 2 aromatic carbocycles. The monoisotopic (exact) mass is 434 g/mol. The lowest BCUT2D eigenvalue weighted by Crippen LogP contribution is -2.38. The molecule has 3 rings (SSSR count). The van der Waals surface area contributed by atoms with Crippen LogP contribution in [0.5, 0.6) is 11.5 Å². The lowest BCUT2D eigenvalue weighted by molar-refractivity contribution is 0.0110. The van der Waals surface area contributed by atoms with Gasteiger partial charge in [-0.05, 0) is 50.7 Å². The van der Waals surface area contributed by atoms with Crippen LogP contribution in [0.25, 0.3) is 0 Å². The topological polar surface area (TPSA) is 94.2 Å². The summed E-state index contributed by atoms with van der Waals surface area (Å²) in [5.41, 5.74) is 0.316. The highest BCUT2D eigenvalue weighted by molar-refractivity contribution is 7.92. The summed E-state index contributed by atoms with van der Waals surface area (Å²) in [6.45, 7) is 1.63. The first-order valence-corrected chi connectivity index (χ1v) is 11.1. The van der Waals surface area contributed by atoms with Crippen molar-refractivity contribution in [3.63, 3.8) is 0 Å². The Bertz CT molecular complexity index is 1010. The number of para-hydroxylation sites is 1. The van der Waals surface area contributed by atoms with Crippen molar-refractivity contribution in [3.8, 4) is 11.5 Å². The van der Waals surface area contributed by atoms with Gasteiger partial charge in [0.2, 0.25) is 0 Å². The summed E-state index contributed by atoms with van der Waals surface area (Å²) in [7, 11) is 0.902. The second-order valence-corrected chi connectivity index (χ2v) is 8.78. The molecule has 1 N–H and O–H groups in total. The van der Waals surface area contributed by atoms with Crippen LogP contribution >= 0.6 is 0 Å². The predicted octanol–water partition coefficient (Wildman–Crippen LogP) is 2.76. The molecule has 0 amide bonds. The number of sulfonamides is 1. The van der Waals surface area contributed by atoms with Crippen molar-refractivity contribution >= 4 is 21.7 Å². The fraction of sp³-hybridized carbons (Fsp3) is 0.381. The number of carbonyl (C=O) groups is 1. The third kappa shape index (κ3) is 5.03. The van der Waals surface area contributed by atoms with Crippen LogP contribution in [-0.2, 0) is 14.8 Å². The average molecular weight is 435 g/mol. The van der Waals surface area contributed by atoms with Crippen molar-refractivity contribution in [2.24, 2.45) is 0 Å². The summed E-state index contributed by atoms with van der Waals surface area (Å²) in [4.78, 5) is 14.8. The smallest absolute Gasteiger partial charge is 0.340 e. The standard InChI is InChI=1S/C21H26N2O6S/c1-23-12-6-7-15(14-23)29-21(24)17-8-4-5-9-18(17)22-30(25,26)16-10-11-19(27-2)20(13-16)28-3/h4-5,8-11,13,15,22H,6-7,12,14H2,1-3H3/t15-/m0/s1. The Kier molecular flexibility index (Phi) is 6.84. The maximum Gasteiger partial charge on any atom is 0.340 e. The lowest BCUT2D eigenvalue weighted by Gasteiger charge is -2.29. The Morgan fingerprint density at radius 3 is 2.53 bits per heavy atom. The summed E-state index contributed by atoms with van der Waals surface area (Å²) in [5.74, 6) is 0.147. The molecule has 1 fully saturated rings. The Hall–Kier alpha value is -2.78. The molecule has 0 bridgehead atoms. The average Bonchev–Trinajstić information content (AvgIpc) is 2.73. The minimum atomic E-state index is -3.97. The van der Waals surface area contributed by atoms with Gasteiger partial charge in [0.05, 0.1) is 30.4 Å². The Balaban J connectivity index is 1.82. The fourth-order valence-electron chi connectivity index (χ4n) is 3.37. The molecule has 0 aromatic heterocycles. The zero-order valence-corrected chi connectivity index (χ0v) is 18.1. The van der Waals surface area contributed by atoms with Crippen LogP contribution in [0, 0.1) is 0 Å². The third-order valence-electron chi connectivity index (χ3n) is 4.91. The van der Waals surface area contributed by atoms with Gasteiger partial charge in [-0.15, -0.1) is 0 Å². The second kappa shape index (κ2) is 9.36. The number of hydrogen-bond acceptors (Lipinski definition) is 7. The van der Waals surface area contributed by atoms with Crippen LogP contribution in [0.4, 0.5) is 5.69 Å². The maximum atomic E-state index is 12.9. The first kappa shape index (κ1) is 21.9. The number of rotatable bonds is 7. The van der Waals surface area contributed by atoms with Gasteiger partial charge in [0.1, 0.15) is 6.10 Å². The summed E-state index contributed by atoms with van der Waals surface area (Å²) >= 11 is 0. The number of ether oxygens (including phenoxy) is 3. The normalized spacial score (nSPS) is 17.2. The number of carbonyl (C=O) groups excluding carboxylic acids is 1. The summed E-state index contributed by atoms with van der Waals surface area (Å²) in [6, 6.07) is 10.7. The van der Waals surface area contributed by atoms with Crippen LogP contribution < -0.4 is 14.2 Å². The predicted molar refractivity (Wildman–Crippen MR) is 113 cm³/mol. The molecule has 162 valence electrons. The van der Waals surface area contributed by atoms with E-state index in [1.165, 1.54) is 38.5 Å². The second-order valence-electron chi connectivity index (χ2n) is 7.10. The van der Waals surface area contributed by atoms with Crippen molar-refractivity contribution in [3.05, 3.63) is 48.0 Å². The SMILES string of the molecule is COc1ccc(S(=O)(=O)Nc2ccccc2C(=O)O[C@H]2CCCN(C)C2)cc1OC. The van der Waals surface area contributed by atoms with E-state index in [1.54, 1.807) is 18.2 Å². The van der Waals surface area contributed by atoms with Crippen molar-refractivity contribution in [1.82, 2.24) is 4.90 Å². The van der Waals surface area contributed by atoms with Crippen LogP contribution in [-0.4, -0.2) is 59.7 Å². The van der Waals surface area contributed by atoms with E-state index in [9.17, 15) is 13.2 Å². The number of nitrogens with one attached hydrogen (secondary N) is 1. The summed E-state index contributed by atoms with van der Waals surface area (Å²) < 4.78 is 44.3. The van der Waals surface area contributed by atoms with Crippen LogP contribution in [0.15, 0.2) is 47.4 Å². The molecule has 0 radical (unpaired) electrons. The zero-order valence-electron chi connectivity index (χ0n) is 17.3. The number of nitrogens with zero attached hydrogens (tertiary/aromatic N) is 1. The molecule has 9 heteroatoms. The van der Waals surface area contributed by atoms with E-state index in [4.69, 9.17) is 14.2 Å². The fourth-order valence-corrected chi connectivity index (χ4v) is 4.46. The first-order valence-electron chi connectivity index (χ1n) is 9.57. The van der Waals surface area contributed by atoms with Gasteiger partial charge < -0.3 is 19.1 Å². The molecule has 0 saturated carbocycles. The molecule has 0 spiro atoms. The van der Waals surface area contributed by atoms with Crippen molar-refractivity contribution in [2.45, 2.75) is 23.8 Å². The minimum Gasteiger partial charge on any atom is -0.493 e. The van der Waals surface area contributed by atoms with Gasteiger partial charge in [0.15, 0.2) is 11.5 Å². The van der Waals surface area contributed by atoms with Gasteiger partial charge in [-0.2, -0.15) is 0 Å². The van der Waals surface area contributed by atoms with Gasteiger partial charge in [-0.25, -0.2) is 13.2 Å². The van der Waals surface area contributed by atoms with E-state index in [0.29, 0.717) is 12.3 Å². The molecule has 8 nitrogen and oxygen atoms in total. The molecule has 1 saturated heterocycles. The first-order chi connectivity index (χ1) is 14.3. The quantitative estimate of drug-likeness (QED) is 0.670. The highest BCUT2D eigenvalue weighted by Gasteiger charge is 2.25. The van der Waals surface area contributed by atoms with Crippen molar-refractivity contribution in [1.29, 1.82) is 0 Å². The summed E-state index contributed by atoms with van der Waals surface area (Å²) in [5, 5.41) is 0. The molecule has 2 aromatic rings. The largest absolute Gasteiger partial charge is 0.493 e. The maximum absolute atomic E-state index is 12.9. The minimum absolute atomic E-state index is 0.0165. The number of likely N-dealkylation sites (tertiary alicyclic amines) is 1. The molecule has 1 aliphatic rings. The van der Waals surface area contributed by atoms with Gasteiger partial charge in [-0.3, -0.25) is 4.72 Å². The molecule has 30 heavy (non-hydrogen) atoms. The van der Waals surface area contributed by atoms with E-state index in [2.05, 4.69) is 9.62 Å². The van der Waals surface area contributed by atoms with Gasteiger partial charge in [0.25, 0.3) is 10.0 Å². The van der Waals surface area contributed by atoms with E-state index < -0.39 is 16.0 Å². The van der Waals surface area contributed by atoms with Crippen LogP contribution in [0.1, 0.15) is 23.2 Å². The Morgan fingerprint density at radius 1 is 1.10 bits per heavy atom. The number of anilines is 1. The van der Waals surface area contributed by atoms with Crippen molar-refractivity contribution < 1.29 is 27.4 Å². The molecule has 1 aliphatic heterocycles. The van der Waals surface area contributed by atoms with E-state index in [1.807, 2.05) is 7.05 Å². The number of piperidine rings is 1. The van der Waals surface area contributed by atoms with Crippen LogP contribution in [0.2, 0.25) is 0 Å². The van der Waals surface area contributed by atoms with Gasteiger partial charge in [-0.1, -0.05) is 12.1 Å². The molecule has 1 heterocycles. The number of esters is 1. The number of benzene rings is 2. The molecular weight excluding hydrogens is 408 g/mol. The van der Waals surface area contributed by atoms with Gasteiger partial charge in [0, 0.05) is 12.6 Å². The highest BCUT2D eigenvalue weighted by atomic mass is 32.2. The van der Waals surface area contributed by atoms with E-state index in [0.717, 1.165) is 19.4 Å². The summed E-state index contributed by atoms with van der Waals surface area (Å²) in [6.07, 6.45) is 1.52. The number of methoxy groups -OCH3 is 2. The third-order valence-corrected chi connectivity index (χ3v) is 6.27. The van der Waals surface area contributed by atoms with Crippen molar-refractivity contribution in [2.75, 3.05) is 39.1 Å². The lowest BCUT2D eigenvalue weighted by atomic mass is 10.1. The zero-order chi connectivity index (χ0) is 21.7. The highest BCUT2D eigenvalue weighted by Crippen LogP contribution is 2.30. The molecule has 0 aliphatic carbocycles. The number of hydrogen-bond donors (Lipinski definition) is 1. The van der Waals surface area contributed by atoms with E-state index >= 15 is 0 Å². The Labute approximate surface area is 176 Å². The number of likely N-dealkylation sites (N-methyl/N-ethyl adjacent to an activating group) is 1. The molecule has 0 unspecified atom stereocenters. The Morgan fingerprint density at radius 2 is 1.83 bits per heavy atom. The van der Waals surface area contributed by atoms with Crippen LogP contribution in [0.3, 0.4) is 0 Å². The molecular formula is C21H26N2O6S. The van der Waals surface area contributed by atoms with E-state index in [-0.39, 0.29) is 28.0 Å². The van der Waals surface area contributed by atoms with Gasteiger partial charge >= 0.3 is 5.97 Å².